The third-order valence-corrected chi connectivity index (χ3v) is 6.19. The van der Waals surface area contributed by atoms with E-state index in [9.17, 15) is 0 Å². The van der Waals surface area contributed by atoms with Crippen molar-refractivity contribution in [2.24, 2.45) is 0 Å². The Kier molecular flexibility index (Phi) is 7.67. The molecule has 0 aromatic heterocycles. The third-order valence-electron chi connectivity index (χ3n) is 4.83. The quantitative estimate of drug-likeness (QED) is 0.557. The number of likely N-dealkylation sites (N-methyl/N-ethyl adjacent to an activating group) is 1. The lowest BCUT2D eigenvalue weighted by Crippen LogP contribution is -2.34. The summed E-state index contributed by atoms with van der Waals surface area (Å²) in [6.07, 6.45) is 5.12. The van der Waals surface area contributed by atoms with Crippen molar-refractivity contribution < 1.29 is 0 Å². The van der Waals surface area contributed by atoms with E-state index in [0.717, 1.165) is 0 Å². The highest BCUT2D eigenvalue weighted by molar-refractivity contribution is 7.99. The zero-order chi connectivity index (χ0) is 16.1. The normalized spacial score (nSPS) is 19.1. The van der Waals surface area contributed by atoms with Crippen molar-refractivity contribution in [2.75, 3.05) is 13.6 Å². The van der Waals surface area contributed by atoms with Gasteiger partial charge in [-0.2, -0.15) is 0 Å². The van der Waals surface area contributed by atoms with Gasteiger partial charge in [0.2, 0.25) is 0 Å². The molecule has 0 spiro atoms. The van der Waals surface area contributed by atoms with Crippen molar-refractivity contribution in [3.05, 3.63) is 65.7 Å². The SMILES string of the molecule is CCCCCN(C)C1Cc2ccccc2C1Sc1ccccc1.Cl. The maximum absolute atomic E-state index is 2.59. The molecule has 3 heteroatoms. The number of hydrogen-bond donors (Lipinski definition) is 0. The summed E-state index contributed by atoms with van der Waals surface area (Å²) in [5.41, 5.74) is 3.07. The van der Waals surface area contributed by atoms with Gasteiger partial charge in [0, 0.05) is 10.9 Å². The summed E-state index contributed by atoms with van der Waals surface area (Å²) in [6.45, 7) is 3.48. The molecular weight excluding hydrogens is 334 g/mol. The van der Waals surface area contributed by atoms with Crippen LogP contribution in [0, 0.1) is 0 Å². The average Bonchev–Trinajstić information content (AvgIpc) is 2.95. The second-order valence-electron chi connectivity index (χ2n) is 6.51. The van der Waals surface area contributed by atoms with Crippen LogP contribution in [0.15, 0.2) is 59.5 Å². The summed E-state index contributed by atoms with van der Waals surface area (Å²) in [5.74, 6) is 0. The highest BCUT2D eigenvalue weighted by atomic mass is 35.5. The van der Waals surface area contributed by atoms with Crippen molar-refractivity contribution in [3.8, 4) is 0 Å². The Morgan fingerprint density at radius 2 is 1.71 bits per heavy atom. The number of fused-ring (bicyclic) bond motifs is 1. The molecule has 2 aromatic carbocycles. The van der Waals surface area contributed by atoms with Gasteiger partial charge in [-0.25, -0.2) is 0 Å². The summed E-state index contributed by atoms with van der Waals surface area (Å²) >= 11 is 2.03. The van der Waals surface area contributed by atoms with E-state index < -0.39 is 0 Å². The van der Waals surface area contributed by atoms with E-state index in [2.05, 4.69) is 73.5 Å². The zero-order valence-corrected chi connectivity index (χ0v) is 16.3. The van der Waals surface area contributed by atoms with Crippen LogP contribution in [0.5, 0.6) is 0 Å². The molecule has 3 rings (SSSR count). The van der Waals surface area contributed by atoms with E-state index in [1.807, 2.05) is 11.8 Å². The van der Waals surface area contributed by atoms with Gasteiger partial charge in [-0.3, -0.25) is 0 Å². The molecule has 130 valence electrons. The van der Waals surface area contributed by atoms with Crippen LogP contribution in [0.2, 0.25) is 0 Å². The number of thioether (sulfide) groups is 1. The number of rotatable bonds is 7. The van der Waals surface area contributed by atoms with Crippen LogP contribution in [-0.4, -0.2) is 24.5 Å². The molecule has 0 radical (unpaired) electrons. The first-order valence-corrected chi connectivity index (χ1v) is 9.67. The van der Waals surface area contributed by atoms with Gasteiger partial charge >= 0.3 is 0 Å². The van der Waals surface area contributed by atoms with Gasteiger partial charge in [-0.05, 0) is 49.7 Å². The van der Waals surface area contributed by atoms with Crippen LogP contribution in [0.25, 0.3) is 0 Å². The molecule has 1 aliphatic rings. The molecule has 2 aromatic rings. The number of halogens is 1. The number of hydrogen-bond acceptors (Lipinski definition) is 2. The highest BCUT2D eigenvalue weighted by Crippen LogP contribution is 2.46. The molecule has 1 nitrogen and oxygen atoms in total. The lowest BCUT2D eigenvalue weighted by molar-refractivity contribution is 0.241. The van der Waals surface area contributed by atoms with Gasteiger partial charge in [-0.15, -0.1) is 24.2 Å². The predicted molar refractivity (Wildman–Crippen MR) is 108 cm³/mol. The average molecular weight is 362 g/mol. The lowest BCUT2D eigenvalue weighted by atomic mass is 10.1. The fourth-order valence-corrected chi connectivity index (χ4v) is 4.91. The standard InChI is InChI=1S/C21H27NS.ClH/c1-3-4-10-15-22(2)20-16-17-11-8-9-14-19(17)21(20)23-18-12-6-5-7-13-18;/h5-9,11-14,20-21H,3-4,10,15-16H2,1-2H3;1H. The zero-order valence-electron chi connectivity index (χ0n) is 14.7. The molecule has 2 atom stereocenters. The molecule has 0 saturated carbocycles. The molecule has 0 bridgehead atoms. The first kappa shape index (κ1) is 19.4. The van der Waals surface area contributed by atoms with E-state index in [4.69, 9.17) is 0 Å². The minimum atomic E-state index is 0. The third kappa shape index (κ3) is 4.56. The van der Waals surface area contributed by atoms with Crippen molar-refractivity contribution in [2.45, 2.75) is 48.8 Å². The maximum atomic E-state index is 2.59. The van der Waals surface area contributed by atoms with E-state index in [1.165, 1.54) is 48.3 Å². The monoisotopic (exact) mass is 361 g/mol. The molecule has 0 heterocycles. The summed E-state index contributed by atoms with van der Waals surface area (Å²) in [6, 6.07) is 20.5. The summed E-state index contributed by atoms with van der Waals surface area (Å²) < 4.78 is 0. The Hall–Kier alpha value is -0.960. The van der Waals surface area contributed by atoms with Crippen LogP contribution < -0.4 is 0 Å². The highest BCUT2D eigenvalue weighted by Gasteiger charge is 2.35. The van der Waals surface area contributed by atoms with Gasteiger partial charge < -0.3 is 4.90 Å². The van der Waals surface area contributed by atoms with E-state index in [-0.39, 0.29) is 12.4 Å². The molecule has 0 N–H and O–H groups in total. The molecule has 1 aliphatic carbocycles. The molecule has 0 aliphatic heterocycles. The minimum absolute atomic E-state index is 0. The van der Waals surface area contributed by atoms with Crippen molar-refractivity contribution >= 4 is 24.2 Å². The number of unbranched alkanes of at least 4 members (excludes halogenated alkanes) is 2. The Morgan fingerprint density at radius 3 is 2.46 bits per heavy atom. The van der Waals surface area contributed by atoms with Crippen LogP contribution >= 0.6 is 24.2 Å². The molecule has 0 saturated heterocycles. The second-order valence-corrected chi connectivity index (χ2v) is 7.72. The van der Waals surface area contributed by atoms with Gasteiger partial charge in [0.05, 0.1) is 5.25 Å². The lowest BCUT2D eigenvalue weighted by Gasteiger charge is -2.30. The molecule has 2 unspecified atom stereocenters. The first-order chi connectivity index (χ1) is 11.3. The molecule has 0 fully saturated rings. The van der Waals surface area contributed by atoms with Crippen LogP contribution in [0.3, 0.4) is 0 Å². The van der Waals surface area contributed by atoms with Gasteiger partial charge in [-0.1, -0.05) is 62.2 Å². The number of nitrogens with zero attached hydrogens (tertiary/aromatic N) is 1. The smallest absolute Gasteiger partial charge is 0.0505 e. The van der Waals surface area contributed by atoms with Crippen molar-refractivity contribution in [3.63, 3.8) is 0 Å². The van der Waals surface area contributed by atoms with E-state index >= 15 is 0 Å². The predicted octanol–water partition coefficient (Wildman–Crippen LogP) is 5.99. The van der Waals surface area contributed by atoms with Gasteiger partial charge in [0.1, 0.15) is 0 Å². The fraction of sp³-hybridized carbons (Fsp3) is 0.429. The van der Waals surface area contributed by atoms with E-state index in [1.54, 1.807) is 0 Å². The van der Waals surface area contributed by atoms with Crippen molar-refractivity contribution in [1.29, 1.82) is 0 Å². The van der Waals surface area contributed by atoms with Crippen LogP contribution in [-0.2, 0) is 6.42 Å². The Morgan fingerprint density at radius 1 is 1.00 bits per heavy atom. The molecular formula is C21H28ClNS. The molecule has 24 heavy (non-hydrogen) atoms. The summed E-state index contributed by atoms with van der Waals surface area (Å²) in [7, 11) is 2.31. The molecule has 0 amide bonds. The van der Waals surface area contributed by atoms with E-state index in [0.29, 0.717) is 11.3 Å². The summed E-state index contributed by atoms with van der Waals surface area (Å²) in [5, 5.41) is 0.542. The second kappa shape index (κ2) is 9.50. The first-order valence-electron chi connectivity index (χ1n) is 8.79. The summed E-state index contributed by atoms with van der Waals surface area (Å²) in [4.78, 5) is 3.97. The Bertz CT molecular complexity index is 616. The van der Waals surface area contributed by atoms with Gasteiger partial charge in [0.15, 0.2) is 0 Å². The minimum Gasteiger partial charge on any atom is -0.302 e. The van der Waals surface area contributed by atoms with Gasteiger partial charge in [0.25, 0.3) is 0 Å². The largest absolute Gasteiger partial charge is 0.302 e. The topological polar surface area (TPSA) is 3.24 Å². The number of benzene rings is 2. The van der Waals surface area contributed by atoms with Crippen LogP contribution in [0.1, 0.15) is 42.6 Å². The maximum Gasteiger partial charge on any atom is 0.0505 e. The Labute approximate surface area is 157 Å². The van der Waals surface area contributed by atoms with Crippen LogP contribution in [0.4, 0.5) is 0 Å². The fourth-order valence-electron chi connectivity index (χ4n) is 3.49. The Balaban J connectivity index is 0.00000208. The van der Waals surface area contributed by atoms with Crippen molar-refractivity contribution in [1.82, 2.24) is 4.90 Å².